The molecular weight excluding hydrogens is 418 g/mol. The van der Waals surface area contributed by atoms with Crippen LogP contribution in [-0.2, 0) is 6.61 Å². The number of hydrogen-bond acceptors (Lipinski definition) is 8. The summed E-state index contributed by atoms with van der Waals surface area (Å²) < 4.78 is 10.9. The van der Waals surface area contributed by atoms with Gasteiger partial charge < -0.3 is 19.9 Å². The van der Waals surface area contributed by atoms with Crippen molar-refractivity contribution in [3.05, 3.63) is 52.0 Å². The van der Waals surface area contributed by atoms with Gasteiger partial charge in [0.25, 0.3) is 0 Å². The molecule has 1 aromatic carbocycles. The number of aliphatic hydroxyl groups is 1. The smallest absolute Gasteiger partial charge is 0.162 e. The Morgan fingerprint density at radius 2 is 1.70 bits per heavy atom. The van der Waals surface area contributed by atoms with Gasteiger partial charge in [-0.05, 0) is 44.2 Å². The fraction of sp³-hybridized carbons (Fsp3) is 0.273. The fourth-order valence-electron chi connectivity index (χ4n) is 3.27. The van der Waals surface area contributed by atoms with E-state index < -0.39 is 0 Å². The molecule has 1 unspecified atom stereocenters. The van der Waals surface area contributed by atoms with Crippen molar-refractivity contribution in [2.45, 2.75) is 26.5 Å². The van der Waals surface area contributed by atoms with Gasteiger partial charge in [-0.2, -0.15) is 0 Å². The lowest BCUT2D eigenvalue weighted by Crippen LogP contribution is -2.08. The predicted molar refractivity (Wildman–Crippen MR) is 123 cm³/mol. The van der Waals surface area contributed by atoms with E-state index in [1.165, 1.54) is 14.6 Å². The molecule has 1 atom stereocenters. The summed E-state index contributed by atoms with van der Waals surface area (Å²) in [7, 11) is 3.23. The molecule has 0 aliphatic rings. The number of ether oxygens (including phenoxy) is 2. The minimum Gasteiger partial charge on any atom is -0.493 e. The number of rotatable bonds is 7. The van der Waals surface area contributed by atoms with E-state index in [0.717, 1.165) is 21.6 Å². The molecule has 4 rings (SSSR count). The third kappa shape index (κ3) is 3.98. The summed E-state index contributed by atoms with van der Waals surface area (Å²) in [5.74, 6) is 2.73. The van der Waals surface area contributed by atoms with Crippen LogP contribution in [0.25, 0.3) is 20.7 Å². The number of anilines is 1. The minimum atomic E-state index is 0.0617. The van der Waals surface area contributed by atoms with Gasteiger partial charge in [-0.25, -0.2) is 9.97 Å². The molecule has 0 aliphatic heterocycles. The van der Waals surface area contributed by atoms with Crippen molar-refractivity contribution in [1.82, 2.24) is 9.97 Å². The van der Waals surface area contributed by atoms with Gasteiger partial charge in [0.2, 0.25) is 0 Å². The molecule has 0 amide bonds. The van der Waals surface area contributed by atoms with E-state index in [1.54, 1.807) is 36.9 Å². The number of nitrogens with zero attached hydrogens (tertiary/aromatic N) is 2. The van der Waals surface area contributed by atoms with Crippen LogP contribution in [0.3, 0.4) is 0 Å². The van der Waals surface area contributed by atoms with Gasteiger partial charge in [0, 0.05) is 31.0 Å². The van der Waals surface area contributed by atoms with Crippen LogP contribution < -0.4 is 14.8 Å². The average molecular weight is 442 g/mol. The van der Waals surface area contributed by atoms with Crippen LogP contribution >= 0.6 is 22.7 Å². The average Bonchev–Trinajstić information content (AvgIpc) is 3.42. The highest BCUT2D eigenvalue weighted by Gasteiger charge is 2.16. The molecule has 156 valence electrons. The molecule has 3 heterocycles. The number of nitrogens with one attached hydrogen (secondary N) is 1. The maximum absolute atomic E-state index is 9.31. The first-order valence-electron chi connectivity index (χ1n) is 9.49. The van der Waals surface area contributed by atoms with Crippen molar-refractivity contribution in [2.75, 3.05) is 19.5 Å². The van der Waals surface area contributed by atoms with E-state index >= 15 is 0 Å². The first kappa shape index (κ1) is 20.6. The topological polar surface area (TPSA) is 76.5 Å². The fourth-order valence-corrected chi connectivity index (χ4v) is 5.24. The monoisotopic (exact) mass is 441 g/mol. The normalized spacial score (nSPS) is 12.2. The zero-order valence-electron chi connectivity index (χ0n) is 17.2. The summed E-state index contributed by atoms with van der Waals surface area (Å²) in [6.45, 7) is 4.08. The van der Waals surface area contributed by atoms with Gasteiger partial charge in [-0.15, -0.1) is 22.7 Å². The Labute approximate surface area is 183 Å². The summed E-state index contributed by atoms with van der Waals surface area (Å²) in [6.07, 6.45) is 0. The summed E-state index contributed by atoms with van der Waals surface area (Å²) in [5, 5.41) is 13.7. The van der Waals surface area contributed by atoms with Crippen molar-refractivity contribution in [3.63, 3.8) is 0 Å². The highest BCUT2D eigenvalue weighted by Crippen LogP contribution is 2.38. The first-order valence-corrected chi connectivity index (χ1v) is 11.1. The molecule has 30 heavy (non-hydrogen) atoms. The van der Waals surface area contributed by atoms with Crippen molar-refractivity contribution >= 4 is 39.4 Å². The Morgan fingerprint density at radius 1 is 1.00 bits per heavy atom. The summed E-state index contributed by atoms with van der Waals surface area (Å²) in [5.41, 5.74) is 0.803. The van der Waals surface area contributed by atoms with Crippen molar-refractivity contribution in [3.8, 4) is 21.3 Å². The Kier molecular flexibility index (Phi) is 5.90. The van der Waals surface area contributed by atoms with E-state index in [4.69, 9.17) is 9.47 Å². The molecule has 0 radical (unpaired) electrons. The Balaban J connectivity index is 1.65. The number of aromatic nitrogens is 2. The second-order valence-corrected chi connectivity index (χ2v) is 9.12. The van der Waals surface area contributed by atoms with Crippen LogP contribution in [0.15, 0.2) is 36.4 Å². The van der Waals surface area contributed by atoms with Crippen molar-refractivity contribution in [2.24, 2.45) is 0 Å². The third-order valence-electron chi connectivity index (χ3n) is 4.78. The number of aliphatic hydroxyl groups excluding tert-OH is 1. The molecule has 0 spiro atoms. The van der Waals surface area contributed by atoms with Gasteiger partial charge >= 0.3 is 0 Å². The molecule has 4 aromatic rings. The van der Waals surface area contributed by atoms with Crippen LogP contribution in [0.2, 0.25) is 0 Å². The van der Waals surface area contributed by atoms with Gasteiger partial charge in [-0.3, -0.25) is 0 Å². The molecule has 3 aromatic heterocycles. The second kappa shape index (κ2) is 8.59. The van der Waals surface area contributed by atoms with Crippen molar-refractivity contribution < 1.29 is 14.6 Å². The predicted octanol–water partition coefficient (Wildman–Crippen LogP) is 5.41. The van der Waals surface area contributed by atoms with Crippen LogP contribution in [0.5, 0.6) is 11.5 Å². The van der Waals surface area contributed by atoms with Crippen LogP contribution in [-0.4, -0.2) is 29.3 Å². The SMILES string of the molecule is COc1cc2nc(C)nc(NC(C)c3ccc(-c4ccc(CO)s4)s3)c2cc1OC. The standard InChI is InChI=1S/C22H23N3O3S2/c1-12(19-7-8-21(30-19)20-6-5-14(11-26)29-20)23-22-15-9-17(27-3)18(28-4)10-16(15)24-13(2)25-22/h5-10,12,26H,11H2,1-4H3,(H,23,24,25). The molecule has 0 bridgehead atoms. The summed E-state index contributed by atoms with van der Waals surface area (Å²) >= 11 is 3.36. The number of methoxy groups -OCH3 is 2. The van der Waals surface area contributed by atoms with Gasteiger partial charge in [0.1, 0.15) is 11.6 Å². The molecule has 8 heteroatoms. The van der Waals surface area contributed by atoms with E-state index in [1.807, 2.05) is 25.1 Å². The van der Waals surface area contributed by atoms with E-state index in [2.05, 4.69) is 40.4 Å². The summed E-state index contributed by atoms with van der Waals surface area (Å²) in [6, 6.07) is 12.1. The largest absolute Gasteiger partial charge is 0.493 e. The number of thiophene rings is 2. The lowest BCUT2D eigenvalue weighted by atomic mass is 10.2. The molecule has 0 saturated carbocycles. The molecule has 2 N–H and O–H groups in total. The number of benzene rings is 1. The van der Waals surface area contributed by atoms with Gasteiger partial charge in [-0.1, -0.05) is 0 Å². The molecule has 0 fully saturated rings. The second-order valence-electron chi connectivity index (χ2n) is 6.84. The Bertz CT molecular complexity index is 1190. The Hall–Kier alpha value is -2.68. The molecule has 0 saturated heterocycles. The highest BCUT2D eigenvalue weighted by atomic mass is 32.1. The van der Waals surface area contributed by atoms with Crippen LogP contribution in [0.1, 0.15) is 28.5 Å². The van der Waals surface area contributed by atoms with Gasteiger partial charge in [0.15, 0.2) is 11.5 Å². The number of fused-ring (bicyclic) bond motifs is 1. The maximum Gasteiger partial charge on any atom is 0.162 e. The highest BCUT2D eigenvalue weighted by molar-refractivity contribution is 7.22. The minimum absolute atomic E-state index is 0.0617. The van der Waals surface area contributed by atoms with Gasteiger partial charge in [0.05, 0.1) is 32.4 Å². The quantitative estimate of drug-likeness (QED) is 0.399. The maximum atomic E-state index is 9.31. The first-order chi connectivity index (χ1) is 14.5. The van der Waals surface area contributed by atoms with E-state index in [-0.39, 0.29) is 12.6 Å². The number of aryl methyl sites for hydroxylation is 1. The third-order valence-corrected chi connectivity index (χ3v) is 7.31. The lowest BCUT2D eigenvalue weighted by Gasteiger charge is -2.16. The van der Waals surface area contributed by atoms with Crippen LogP contribution in [0.4, 0.5) is 5.82 Å². The zero-order valence-corrected chi connectivity index (χ0v) is 18.9. The molecule has 6 nitrogen and oxygen atoms in total. The molecule has 0 aliphatic carbocycles. The van der Waals surface area contributed by atoms with Crippen LogP contribution in [0, 0.1) is 6.92 Å². The number of hydrogen-bond donors (Lipinski definition) is 2. The van der Waals surface area contributed by atoms with Crippen molar-refractivity contribution in [1.29, 1.82) is 0 Å². The lowest BCUT2D eigenvalue weighted by molar-refractivity contribution is 0.285. The Morgan fingerprint density at radius 3 is 2.40 bits per heavy atom. The van der Waals surface area contributed by atoms with E-state index in [9.17, 15) is 5.11 Å². The zero-order chi connectivity index (χ0) is 21.3. The van der Waals surface area contributed by atoms with E-state index in [0.29, 0.717) is 17.3 Å². The molecular formula is C22H23N3O3S2. The summed E-state index contributed by atoms with van der Waals surface area (Å²) in [4.78, 5) is 13.7.